The number of aryl methyl sites for hydroxylation is 1. The standard InChI is InChI=1S/C36H43N5O4/c1-5-27(4)39-21-7-8-22-40-30-15-11-28(12-16-30)35(38)41-33-20-19-32(25-26(33)3)45-36(42)29-13-17-31(18-14-29)43-23-9-10-24-44-34(37)6-2/h5-6,11-20,25,37,39-40H,1-2,4,7-10,21-24H2,3H3,(H2,38,41). The molecule has 0 radical (unpaired) electrons. The van der Waals surface area contributed by atoms with Gasteiger partial charge in [-0.3, -0.25) is 5.41 Å². The number of allylic oxidation sites excluding steroid dienone is 1. The number of esters is 1. The smallest absolute Gasteiger partial charge is 0.343 e. The molecule has 45 heavy (non-hydrogen) atoms. The Morgan fingerprint density at radius 3 is 2.24 bits per heavy atom. The first-order valence-electron chi connectivity index (χ1n) is 14.9. The van der Waals surface area contributed by atoms with E-state index in [0.717, 1.165) is 61.3 Å². The second-order valence-corrected chi connectivity index (χ2v) is 10.2. The Hall–Kier alpha value is -5.31. The van der Waals surface area contributed by atoms with Crippen molar-refractivity contribution < 1.29 is 19.0 Å². The van der Waals surface area contributed by atoms with Gasteiger partial charge in [0, 0.05) is 30.0 Å². The Bertz CT molecular complexity index is 1480. The molecule has 0 amide bonds. The van der Waals surface area contributed by atoms with E-state index in [-0.39, 0.29) is 5.90 Å². The molecule has 0 spiro atoms. The van der Waals surface area contributed by atoms with Gasteiger partial charge in [-0.05, 0) is 117 Å². The zero-order valence-electron chi connectivity index (χ0n) is 25.9. The number of unbranched alkanes of at least 4 members (excludes halogenated alkanes) is 2. The maximum Gasteiger partial charge on any atom is 0.343 e. The van der Waals surface area contributed by atoms with E-state index < -0.39 is 5.97 Å². The zero-order valence-corrected chi connectivity index (χ0v) is 25.9. The fraction of sp³-hybridized carbons (Fsp3) is 0.250. The number of rotatable bonds is 19. The van der Waals surface area contributed by atoms with E-state index in [0.29, 0.717) is 41.8 Å². The van der Waals surface area contributed by atoms with Crippen molar-refractivity contribution >= 4 is 29.1 Å². The van der Waals surface area contributed by atoms with Crippen LogP contribution in [0.5, 0.6) is 11.5 Å². The number of benzene rings is 3. The average Bonchev–Trinajstić information content (AvgIpc) is 3.05. The van der Waals surface area contributed by atoms with Crippen LogP contribution in [-0.2, 0) is 4.74 Å². The van der Waals surface area contributed by atoms with Crippen molar-refractivity contribution in [1.82, 2.24) is 5.32 Å². The van der Waals surface area contributed by atoms with Gasteiger partial charge in [0.25, 0.3) is 0 Å². The van der Waals surface area contributed by atoms with Crippen LogP contribution in [-0.4, -0.2) is 44.0 Å². The Kier molecular flexibility index (Phi) is 14.0. The summed E-state index contributed by atoms with van der Waals surface area (Å²) in [5, 5.41) is 14.0. The summed E-state index contributed by atoms with van der Waals surface area (Å²) in [7, 11) is 0. The first-order valence-corrected chi connectivity index (χ1v) is 14.9. The van der Waals surface area contributed by atoms with Crippen LogP contribution in [0.2, 0.25) is 0 Å². The highest BCUT2D eigenvalue weighted by Crippen LogP contribution is 2.25. The number of nitrogens with zero attached hydrogens (tertiary/aromatic N) is 1. The molecule has 236 valence electrons. The predicted octanol–water partition coefficient (Wildman–Crippen LogP) is 7.07. The third-order valence-corrected chi connectivity index (χ3v) is 6.67. The fourth-order valence-electron chi connectivity index (χ4n) is 4.06. The Balaban J connectivity index is 1.45. The lowest BCUT2D eigenvalue weighted by Gasteiger charge is -2.10. The molecule has 3 aromatic carbocycles. The van der Waals surface area contributed by atoms with Gasteiger partial charge in [-0.1, -0.05) is 19.7 Å². The van der Waals surface area contributed by atoms with E-state index >= 15 is 0 Å². The molecule has 9 nitrogen and oxygen atoms in total. The Morgan fingerprint density at radius 2 is 1.56 bits per heavy atom. The molecule has 0 aliphatic heterocycles. The van der Waals surface area contributed by atoms with E-state index in [9.17, 15) is 4.79 Å². The van der Waals surface area contributed by atoms with Gasteiger partial charge in [0.2, 0.25) is 5.90 Å². The van der Waals surface area contributed by atoms with Crippen molar-refractivity contribution in [3.8, 4) is 11.5 Å². The molecule has 0 saturated carbocycles. The molecule has 5 N–H and O–H groups in total. The number of anilines is 1. The van der Waals surface area contributed by atoms with Crippen LogP contribution >= 0.6 is 0 Å². The highest BCUT2D eigenvalue weighted by molar-refractivity contribution is 5.99. The highest BCUT2D eigenvalue weighted by atomic mass is 16.5. The van der Waals surface area contributed by atoms with E-state index in [1.807, 2.05) is 31.2 Å². The summed E-state index contributed by atoms with van der Waals surface area (Å²) in [6.45, 7) is 15.6. The number of aliphatic imine (C=N–C) groups is 1. The first kappa shape index (κ1) is 34.2. The summed E-state index contributed by atoms with van der Waals surface area (Å²) >= 11 is 0. The molecule has 0 aliphatic carbocycles. The van der Waals surface area contributed by atoms with Gasteiger partial charge in [0.05, 0.1) is 24.5 Å². The van der Waals surface area contributed by atoms with Gasteiger partial charge < -0.3 is 30.6 Å². The molecule has 0 unspecified atom stereocenters. The quantitative estimate of drug-likeness (QED) is 0.0285. The number of nitrogens with one attached hydrogen (secondary N) is 3. The number of ether oxygens (including phenoxy) is 3. The molecule has 3 rings (SSSR count). The van der Waals surface area contributed by atoms with E-state index in [4.69, 9.17) is 25.4 Å². The third-order valence-electron chi connectivity index (χ3n) is 6.67. The minimum atomic E-state index is -0.470. The number of carbonyl (C=O) groups is 1. The van der Waals surface area contributed by atoms with Crippen LogP contribution in [0.25, 0.3) is 0 Å². The number of nitrogens with two attached hydrogens (primary N) is 1. The summed E-state index contributed by atoms with van der Waals surface area (Å²) in [4.78, 5) is 17.3. The van der Waals surface area contributed by atoms with Gasteiger partial charge >= 0.3 is 5.97 Å². The summed E-state index contributed by atoms with van der Waals surface area (Å²) in [6.07, 6.45) is 6.66. The minimum absolute atomic E-state index is 0.0663. The maximum atomic E-state index is 12.7. The second kappa shape index (κ2) is 18.4. The van der Waals surface area contributed by atoms with Crippen molar-refractivity contribution in [2.45, 2.75) is 32.6 Å². The number of carbonyl (C=O) groups excluding carboxylic acids is 1. The van der Waals surface area contributed by atoms with Crippen molar-refractivity contribution in [1.29, 1.82) is 5.41 Å². The monoisotopic (exact) mass is 609 g/mol. The van der Waals surface area contributed by atoms with Crippen molar-refractivity contribution in [3.05, 3.63) is 121 Å². The SMILES string of the molecule is C=CC(=C)NCCCCNc1ccc(C(N)=Nc2ccc(OC(=O)c3ccc(OCCCCOC(=N)C=C)cc3)cc2C)cc1. The molecule has 0 atom stereocenters. The normalized spacial score (nSPS) is 10.8. The Morgan fingerprint density at radius 1 is 0.889 bits per heavy atom. The molecule has 0 bridgehead atoms. The first-order chi connectivity index (χ1) is 21.8. The van der Waals surface area contributed by atoms with Gasteiger partial charge in [-0.15, -0.1) is 0 Å². The minimum Gasteiger partial charge on any atom is -0.494 e. The molecule has 9 heteroatoms. The molecular formula is C36H43N5O4. The summed E-state index contributed by atoms with van der Waals surface area (Å²) in [5.41, 5.74) is 10.9. The van der Waals surface area contributed by atoms with E-state index in [2.05, 4.69) is 35.4 Å². The summed E-state index contributed by atoms with van der Waals surface area (Å²) in [5.74, 6) is 1.06. The largest absolute Gasteiger partial charge is 0.494 e. The average molecular weight is 610 g/mol. The van der Waals surface area contributed by atoms with Crippen LogP contribution in [0.3, 0.4) is 0 Å². The van der Waals surface area contributed by atoms with Crippen LogP contribution in [0.1, 0.15) is 47.2 Å². The second-order valence-electron chi connectivity index (χ2n) is 10.2. The molecule has 3 aromatic rings. The molecule has 0 heterocycles. The predicted molar refractivity (Wildman–Crippen MR) is 183 cm³/mol. The lowest BCUT2D eigenvalue weighted by molar-refractivity contribution is 0.0734. The zero-order chi connectivity index (χ0) is 32.4. The van der Waals surface area contributed by atoms with E-state index in [1.165, 1.54) is 6.08 Å². The third kappa shape index (κ3) is 12.1. The number of amidine groups is 1. The van der Waals surface area contributed by atoms with Crippen LogP contribution < -0.4 is 25.8 Å². The van der Waals surface area contributed by atoms with Gasteiger partial charge in [-0.25, -0.2) is 9.79 Å². The molecule has 0 fully saturated rings. The lowest BCUT2D eigenvalue weighted by atomic mass is 10.1. The lowest BCUT2D eigenvalue weighted by Crippen LogP contribution is -2.14. The van der Waals surface area contributed by atoms with Gasteiger partial charge in [0.15, 0.2) is 0 Å². The molecule has 0 aromatic heterocycles. The maximum absolute atomic E-state index is 12.7. The van der Waals surface area contributed by atoms with E-state index in [1.54, 1.807) is 48.5 Å². The highest BCUT2D eigenvalue weighted by Gasteiger charge is 2.11. The van der Waals surface area contributed by atoms with Gasteiger partial charge in [0.1, 0.15) is 17.3 Å². The summed E-state index contributed by atoms with van der Waals surface area (Å²) < 4.78 is 16.5. The van der Waals surface area contributed by atoms with Crippen molar-refractivity contribution in [2.75, 3.05) is 31.6 Å². The van der Waals surface area contributed by atoms with Crippen LogP contribution in [0, 0.1) is 12.3 Å². The van der Waals surface area contributed by atoms with Crippen molar-refractivity contribution in [2.24, 2.45) is 10.7 Å². The molecule has 0 aliphatic rings. The van der Waals surface area contributed by atoms with Crippen LogP contribution in [0.4, 0.5) is 11.4 Å². The van der Waals surface area contributed by atoms with Crippen LogP contribution in [0.15, 0.2) is 109 Å². The van der Waals surface area contributed by atoms with Gasteiger partial charge in [-0.2, -0.15) is 0 Å². The Labute approximate surface area is 266 Å². The topological polar surface area (TPSA) is 131 Å². The number of hydrogen-bond acceptors (Lipinski definition) is 8. The van der Waals surface area contributed by atoms with Crippen molar-refractivity contribution in [3.63, 3.8) is 0 Å². The number of hydrogen-bond donors (Lipinski definition) is 4. The molecule has 0 saturated heterocycles. The fourth-order valence-corrected chi connectivity index (χ4v) is 4.06. The summed E-state index contributed by atoms with van der Waals surface area (Å²) in [6, 6.07) is 19.9. The molecular weight excluding hydrogens is 566 g/mol.